The van der Waals surface area contributed by atoms with E-state index >= 15 is 0 Å². The molecular formula is C17H18F4N4O2. The molecule has 1 N–H and O–H groups in total. The maximum atomic E-state index is 13.1. The fourth-order valence-corrected chi connectivity index (χ4v) is 3.11. The van der Waals surface area contributed by atoms with E-state index in [0.717, 1.165) is 16.8 Å². The zero-order valence-corrected chi connectivity index (χ0v) is 14.4. The summed E-state index contributed by atoms with van der Waals surface area (Å²) >= 11 is 0. The lowest BCUT2D eigenvalue weighted by Crippen LogP contribution is -2.57. The van der Waals surface area contributed by atoms with E-state index in [1.807, 2.05) is 0 Å². The van der Waals surface area contributed by atoms with E-state index in [1.54, 1.807) is 16.9 Å². The van der Waals surface area contributed by atoms with Crippen LogP contribution < -0.4 is 0 Å². The fourth-order valence-electron chi connectivity index (χ4n) is 3.11. The van der Waals surface area contributed by atoms with Gasteiger partial charge in [0.1, 0.15) is 5.82 Å². The molecule has 0 bridgehead atoms. The first-order valence-corrected chi connectivity index (χ1v) is 8.35. The highest BCUT2D eigenvalue weighted by Gasteiger charge is 2.57. The van der Waals surface area contributed by atoms with Gasteiger partial charge in [0.2, 0.25) is 5.60 Å². The van der Waals surface area contributed by atoms with Crippen molar-refractivity contribution in [2.45, 2.75) is 37.5 Å². The molecule has 1 aliphatic rings. The van der Waals surface area contributed by atoms with Gasteiger partial charge in [-0.05, 0) is 38.0 Å². The SMILES string of the molecule is CC(O)(C(=O)N1CCC(c2ccnn2-c2ccc(F)cn2)CC1)C(F)(F)F. The Kier molecular flexibility index (Phi) is 4.94. The van der Waals surface area contributed by atoms with Gasteiger partial charge in [0.15, 0.2) is 5.82 Å². The quantitative estimate of drug-likeness (QED) is 0.823. The average Bonchev–Trinajstić information content (AvgIpc) is 3.10. The molecule has 1 amide bonds. The maximum absolute atomic E-state index is 13.1. The molecule has 1 unspecified atom stereocenters. The van der Waals surface area contributed by atoms with Gasteiger partial charge in [-0.15, -0.1) is 0 Å². The number of likely N-dealkylation sites (tertiary alicyclic amines) is 1. The van der Waals surface area contributed by atoms with Crippen molar-refractivity contribution in [3.05, 3.63) is 42.1 Å². The predicted molar refractivity (Wildman–Crippen MR) is 86.6 cm³/mol. The summed E-state index contributed by atoms with van der Waals surface area (Å²) in [7, 11) is 0. The molecule has 3 rings (SSSR count). The first-order chi connectivity index (χ1) is 12.6. The monoisotopic (exact) mass is 386 g/mol. The van der Waals surface area contributed by atoms with Gasteiger partial charge in [-0.25, -0.2) is 14.1 Å². The Morgan fingerprint density at radius 3 is 2.44 bits per heavy atom. The highest BCUT2D eigenvalue weighted by molar-refractivity contribution is 5.85. The van der Waals surface area contributed by atoms with E-state index in [2.05, 4.69) is 10.1 Å². The fraction of sp³-hybridized carbons (Fsp3) is 0.471. The van der Waals surface area contributed by atoms with Crippen LogP contribution in [-0.2, 0) is 4.79 Å². The number of hydrogen-bond donors (Lipinski definition) is 1. The van der Waals surface area contributed by atoms with Crippen molar-refractivity contribution in [3.63, 3.8) is 0 Å². The number of piperidine rings is 1. The molecule has 6 nitrogen and oxygen atoms in total. The maximum Gasteiger partial charge on any atom is 0.426 e. The van der Waals surface area contributed by atoms with E-state index in [-0.39, 0.29) is 19.0 Å². The zero-order chi connectivity index (χ0) is 19.8. The van der Waals surface area contributed by atoms with Crippen molar-refractivity contribution >= 4 is 5.91 Å². The molecule has 0 aliphatic carbocycles. The van der Waals surface area contributed by atoms with Crippen LogP contribution in [0.4, 0.5) is 17.6 Å². The van der Waals surface area contributed by atoms with Gasteiger partial charge in [0, 0.05) is 30.9 Å². The van der Waals surface area contributed by atoms with E-state index in [1.165, 1.54) is 12.1 Å². The lowest BCUT2D eigenvalue weighted by Gasteiger charge is -2.36. The number of hydrogen-bond acceptors (Lipinski definition) is 4. The number of amides is 1. The molecule has 0 saturated carbocycles. The molecule has 0 aromatic carbocycles. The number of halogens is 4. The van der Waals surface area contributed by atoms with Crippen LogP contribution in [0.3, 0.4) is 0 Å². The van der Waals surface area contributed by atoms with Crippen molar-refractivity contribution in [1.29, 1.82) is 0 Å². The van der Waals surface area contributed by atoms with E-state index in [0.29, 0.717) is 25.6 Å². The van der Waals surface area contributed by atoms with Crippen LogP contribution in [0.15, 0.2) is 30.6 Å². The van der Waals surface area contributed by atoms with Crippen LogP contribution in [0.25, 0.3) is 5.82 Å². The summed E-state index contributed by atoms with van der Waals surface area (Å²) in [6.45, 7) is 0.631. The largest absolute Gasteiger partial charge is 0.426 e. The zero-order valence-electron chi connectivity index (χ0n) is 14.4. The number of aromatic nitrogens is 3. The molecule has 1 fully saturated rings. The summed E-state index contributed by atoms with van der Waals surface area (Å²) in [4.78, 5) is 17.1. The Morgan fingerprint density at radius 1 is 1.22 bits per heavy atom. The Bertz CT molecular complexity index is 809. The van der Waals surface area contributed by atoms with Crippen molar-refractivity contribution in [2.24, 2.45) is 0 Å². The molecule has 2 aromatic heterocycles. The highest BCUT2D eigenvalue weighted by atomic mass is 19.4. The number of carbonyl (C=O) groups excluding carboxylic acids is 1. The molecule has 0 spiro atoms. The third-order valence-electron chi connectivity index (χ3n) is 4.77. The number of nitrogens with zero attached hydrogens (tertiary/aromatic N) is 4. The summed E-state index contributed by atoms with van der Waals surface area (Å²) in [6.07, 6.45) is -1.58. The minimum absolute atomic E-state index is 0.0563. The topological polar surface area (TPSA) is 71.2 Å². The lowest BCUT2D eigenvalue weighted by atomic mass is 9.92. The van der Waals surface area contributed by atoms with Gasteiger partial charge in [0.25, 0.3) is 5.91 Å². The van der Waals surface area contributed by atoms with Crippen LogP contribution in [-0.4, -0.2) is 55.5 Å². The van der Waals surface area contributed by atoms with Crippen molar-refractivity contribution in [1.82, 2.24) is 19.7 Å². The van der Waals surface area contributed by atoms with Crippen LogP contribution in [0.5, 0.6) is 0 Å². The van der Waals surface area contributed by atoms with Crippen LogP contribution >= 0.6 is 0 Å². The molecule has 10 heteroatoms. The Labute approximate surface area is 152 Å². The summed E-state index contributed by atoms with van der Waals surface area (Å²) in [6, 6.07) is 4.50. The van der Waals surface area contributed by atoms with Crippen LogP contribution in [0.1, 0.15) is 31.4 Å². The van der Waals surface area contributed by atoms with Crippen LogP contribution in [0, 0.1) is 5.82 Å². The second kappa shape index (κ2) is 6.91. The van der Waals surface area contributed by atoms with Crippen molar-refractivity contribution in [3.8, 4) is 5.82 Å². The second-order valence-electron chi connectivity index (χ2n) is 6.64. The molecular weight excluding hydrogens is 368 g/mol. The molecule has 27 heavy (non-hydrogen) atoms. The molecule has 1 saturated heterocycles. The van der Waals surface area contributed by atoms with Gasteiger partial charge in [-0.2, -0.15) is 18.3 Å². The normalized spacial score (nSPS) is 18.4. The smallest absolute Gasteiger partial charge is 0.373 e. The molecule has 2 aromatic rings. The lowest BCUT2D eigenvalue weighted by molar-refractivity contribution is -0.250. The Hall–Kier alpha value is -2.49. The minimum atomic E-state index is -5.03. The van der Waals surface area contributed by atoms with Gasteiger partial charge in [0.05, 0.1) is 6.20 Å². The average molecular weight is 386 g/mol. The second-order valence-corrected chi connectivity index (χ2v) is 6.64. The third-order valence-corrected chi connectivity index (χ3v) is 4.77. The van der Waals surface area contributed by atoms with Crippen molar-refractivity contribution in [2.75, 3.05) is 13.1 Å². The highest BCUT2D eigenvalue weighted by Crippen LogP contribution is 2.34. The van der Waals surface area contributed by atoms with Gasteiger partial charge in [-0.1, -0.05) is 0 Å². The van der Waals surface area contributed by atoms with Crippen molar-refractivity contribution < 1.29 is 27.5 Å². The number of rotatable bonds is 3. The standard InChI is InChI=1S/C17H18F4N4O2/c1-16(27,17(19,20)21)15(26)24-8-5-11(6-9-24)13-4-7-23-25(13)14-3-2-12(18)10-22-14/h2-4,7,10-11,27H,5-6,8-9H2,1H3. The number of aliphatic hydroxyl groups is 1. The van der Waals surface area contributed by atoms with E-state index in [4.69, 9.17) is 0 Å². The molecule has 1 aliphatic heterocycles. The molecule has 1 atom stereocenters. The first kappa shape index (κ1) is 19.3. The summed E-state index contributed by atoms with van der Waals surface area (Å²) in [5.41, 5.74) is -2.62. The van der Waals surface area contributed by atoms with E-state index < -0.39 is 23.5 Å². The number of pyridine rings is 1. The van der Waals surface area contributed by atoms with Gasteiger partial charge >= 0.3 is 6.18 Å². The summed E-state index contributed by atoms with van der Waals surface area (Å²) < 4.78 is 53.2. The van der Waals surface area contributed by atoms with Gasteiger partial charge in [-0.3, -0.25) is 4.79 Å². The molecule has 3 heterocycles. The third kappa shape index (κ3) is 3.66. The molecule has 0 radical (unpaired) electrons. The predicted octanol–water partition coefficient (Wildman–Crippen LogP) is 2.43. The Morgan fingerprint density at radius 2 is 1.89 bits per heavy atom. The first-order valence-electron chi connectivity index (χ1n) is 8.35. The van der Waals surface area contributed by atoms with Crippen LogP contribution in [0.2, 0.25) is 0 Å². The summed E-state index contributed by atoms with van der Waals surface area (Å²) in [5, 5.41) is 13.7. The minimum Gasteiger partial charge on any atom is -0.373 e. The van der Waals surface area contributed by atoms with E-state index in [9.17, 15) is 27.5 Å². The molecule has 146 valence electrons. The van der Waals surface area contributed by atoms with Gasteiger partial charge < -0.3 is 10.0 Å². The number of carbonyl (C=O) groups is 1. The summed E-state index contributed by atoms with van der Waals surface area (Å²) in [5.74, 6) is -1.45. The number of alkyl halides is 3. The Balaban J connectivity index is 1.71.